The molecule has 4 aromatic rings. The topological polar surface area (TPSA) is 66.0 Å². The van der Waals surface area contributed by atoms with Crippen molar-refractivity contribution in [1.29, 1.82) is 5.26 Å². The Hall–Kier alpha value is -3.15. The van der Waals surface area contributed by atoms with Crippen molar-refractivity contribution in [2.24, 2.45) is 0 Å². The van der Waals surface area contributed by atoms with E-state index in [0.29, 0.717) is 16.8 Å². The van der Waals surface area contributed by atoms with Crippen molar-refractivity contribution in [3.63, 3.8) is 0 Å². The molecule has 0 bridgehead atoms. The molecule has 1 aromatic carbocycles. The van der Waals surface area contributed by atoms with Crippen LogP contribution in [0, 0.1) is 23.0 Å². The van der Waals surface area contributed by atoms with Crippen LogP contribution in [0.25, 0.3) is 16.6 Å². The Morgan fingerprint density at radius 1 is 1.11 bits per heavy atom. The SMILES string of the molecule is N#Cc1cnn2ccc(-c3cnc(Cl)c(NSc4ccc(F)cc4F)c3)cc12. The summed E-state index contributed by atoms with van der Waals surface area (Å²) in [6, 6.07) is 10.9. The minimum atomic E-state index is -0.673. The number of hydrogen-bond acceptors (Lipinski definition) is 5. The molecule has 0 aliphatic carbocycles. The second-order valence-electron chi connectivity index (χ2n) is 5.76. The van der Waals surface area contributed by atoms with Gasteiger partial charge in [0.05, 0.1) is 27.9 Å². The number of fused-ring (bicyclic) bond motifs is 1. The Morgan fingerprint density at radius 2 is 1.96 bits per heavy atom. The molecule has 0 atom stereocenters. The lowest BCUT2D eigenvalue weighted by Gasteiger charge is -2.10. The lowest BCUT2D eigenvalue weighted by atomic mass is 10.1. The Morgan fingerprint density at radius 3 is 2.75 bits per heavy atom. The van der Waals surface area contributed by atoms with Crippen LogP contribution in [-0.4, -0.2) is 14.6 Å². The van der Waals surface area contributed by atoms with Gasteiger partial charge in [0.2, 0.25) is 0 Å². The van der Waals surface area contributed by atoms with Gasteiger partial charge in [-0.15, -0.1) is 0 Å². The minimum absolute atomic E-state index is 0.210. The van der Waals surface area contributed by atoms with E-state index in [1.807, 2.05) is 12.1 Å². The third-order valence-electron chi connectivity index (χ3n) is 3.98. The summed E-state index contributed by atoms with van der Waals surface area (Å²) in [5, 5.41) is 13.5. The largest absolute Gasteiger partial charge is 0.323 e. The Bertz CT molecular complexity index is 1230. The van der Waals surface area contributed by atoms with E-state index < -0.39 is 11.6 Å². The summed E-state index contributed by atoms with van der Waals surface area (Å²) >= 11 is 7.11. The first-order valence-corrected chi connectivity index (χ1v) is 9.16. The normalized spacial score (nSPS) is 10.8. The van der Waals surface area contributed by atoms with Gasteiger partial charge >= 0.3 is 0 Å². The molecule has 0 radical (unpaired) electrons. The van der Waals surface area contributed by atoms with Gasteiger partial charge < -0.3 is 4.72 Å². The van der Waals surface area contributed by atoms with Crippen molar-refractivity contribution in [2.45, 2.75) is 4.90 Å². The lowest BCUT2D eigenvalue weighted by Crippen LogP contribution is -1.94. The van der Waals surface area contributed by atoms with E-state index in [-0.39, 0.29) is 10.0 Å². The van der Waals surface area contributed by atoms with Crippen LogP contribution < -0.4 is 4.72 Å². The molecule has 138 valence electrons. The van der Waals surface area contributed by atoms with Crippen molar-refractivity contribution in [3.05, 3.63) is 77.3 Å². The standard InChI is InChI=1S/C19H10ClF2N5S/c20-19-16(26-28-18-2-1-14(21)7-15(18)22)5-12(9-24-19)11-3-4-27-17(6-11)13(8-23)10-25-27/h1-7,9-10,26H. The van der Waals surface area contributed by atoms with Crippen LogP contribution in [0.2, 0.25) is 5.15 Å². The van der Waals surface area contributed by atoms with Crippen LogP contribution in [0.3, 0.4) is 0 Å². The van der Waals surface area contributed by atoms with Crippen molar-refractivity contribution < 1.29 is 8.78 Å². The smallest absolute Gasteiger partial charge is 0.152 e. The van der Waals surface area contributed by atoms with Crippen molar-refractivity contribution in [2.75, 3.05) is 4.72 Å². The monoisotopic (exact) mass is 413 g/mol. The van der Waals surface area contributed by atoms with Gasteiger partial charge in [0.15, 0.2) is 5.15 Å². The van der Waals surface area contributed by atoms with Crippen molar-refractivity contribution >= 4 is 34.8 Å². The number of hydrogen-bond donors (Lipinski definition) is 1. The summed E-state index contributed by atoms with van der Waals surface area (Å²) < 4.78 is 31.4. The summed E-state index contributed by atoms with van der Waals surface area (Å²) in [6.07, 6.45) is 4.85. The summed E-state index contributed by atoms with van der Waals surface area (Å²) in [7, 11) is 0. The van der Waals surface area contributed by atoms with Crippen LogP contribution in [-0.2, 0) is 0 Å². The average Bonchev–Trinajstić information content (AvgIpc) is 3.11. The second-order valence-corrected chi connectivity index (χ2v) is 6.96. The molecule has 0 fully saturated rings. The highest BCUT2D eigenvalue weighted by Gasteiger charge is 2.10. The summed E-state index contributed by atoms with van der Waals surface area (Å²) in [4.78, 5) is 4.39. The van der Waals surface area contributed by atoms with Gasteiger partial charge in [-0.3, -0.25) is 0 Å². The fourth-order valence-corrected chi connectivity index (χ4v) is 3.47. The number of rotatable bonds is 4. The molecule has 28 heavy (non-hydrogen) atoms. The first kappa shape index (κ1) is 18.2. The van der Waals surface area contributed by atoms with E-state index in [2.05, 4.69) is 20.9 Å². The van der Waals surface area contributed by atoms with E-state index in [4.69, 9.17) is 11.6 Å². The number of nitriles is 1. The first-order chi connectivity index (χ1) is 13.5. The molecule has 0 saturated heterocycles. The maximum atomic E-state index is 13.8. The maximum Gasteiger partial charge on any atom is 0.152 e. The predicted octanol–water partition coefficient (Wildman–Crippen LogP) is 5.32. The fraction of sp³-hybridized carbons (Fsp3) is 0. The van der Waals surface area contributed by atoms with Crippen molar-refractivity contribution in [1.82, 2.24) is 14.6 Å². The predicted molar refractivity (Wildman–Crippen MR) is 104 cm³/mol. The fourth-order valence-electron chi connectivity index (χ4n) is 2.59. The van der Waals surface area contributed by atoms with Crippen LogP contribution >= 0.6 is 23.5 Å². The van der Waals surface area contributed by atoms with Crippen LogP contribution in [0.15, 0.2) is 59.9 Å². The molecule has 0 aliphatic heterocycles. The molecule has 0 aliphatic rings. The van der Waals surface area contributed by atoms with Gasteiger partial charge in [0.1, 0.15) is 17.7 Å². The molecule has 1 N–H and O–H groups in total. The first-order valence-electron chi connectivity index (χ1n) is 7.96. The van der Waals surface area contributed by atoms with Gasteiger partial charge in [-0.05, 0) is 47.8 Å². The molecule has 9 heteroatoms. The van der Waals surface area contributed by atoms with E-state index in [9.17, 15) is 14.0 Å². The highest BCUT2D eigenvalue weighted by molar-refractivity contribution is 8.00. The Labute approximate surface area is 167 Å². The number of pyridine rings is 2. The van der Waals surface area contributed by atoms with E-state index in [1.165, 1.54) is 18.3 Å². The molecular formula is C19H10ClF2N5S. The van der Waals surface area contributed by atoms with Crippen LogP contribution in [0.4, 0.5) is 14.5 Å². The molecule has 3 heterocycles. The number of nitrogens with one attached hydrogen (secondary N) is 1. The van der Waals surface area contributed by atoms with Gasteiger partial charge in [0.25, 0.3) is 0 Å². The number of anilines is 1. The van der Waals surface area contributed by atoms with Crippen LogP contribution in [0.5, 0.6) is 0 Å². The third-order valence-corrected chi connectivity index (χ3v) is 5.15. The van der Waals surface area contributed by atoms with E-state index >= 15 is 0 Å². The number of nitrogens with zero attached hydrogens (tertiary/aromatic N) is 4. The summed E-state index contributed by atoms with van der Waals surface area (Å²) in [6.45, 7) is 0. The molecular weight excluding hydrogens is 404 g/mol. The van der Waals surface area contributed by atoms with E-state index in [0.717, 1.165) is 29.1 Å². The molecule has 4 rings (SSSR count). The van der Waals surface area contributed by atoms with Gasteiger partial charge in [-0.1, -0.05) is 11.6 Å². The van der Waals surface area contributed by atoms with Crippen molar-refractivity contribution in [3.8, 4) is 17.2 Å². The molecule has 0 spiro atoms. The number of benzene rings is 1. The molecule has 3 aromatic heterocycles. The highest BCUT2D eigenvalue weighted by Crippen LogP contribution is 2.31. The molecule has 0 unspecified atom stereocenters. The number of halogens is 3. The molecule has 5 nitrogen and oxygen atoms in total. The van der Waals surface area contributed by atoms with E-state index in [1.54, 1.807) is 23.0 Å². The quantitative estimate of drug-likeness (QED) is 0.362. The average molecular weight is 414 g/mol. The Balaban J connectivity index is 1.64. The zero-order valence-corrected chi connectivity index (χ0v) is 15.6. The highest BCUT2D eigenvalue weighted by atomic mass is 35.5. The number of aromatic nitrogens is 3. The zero-order valence-electron chi connectivity index (χ0n) is 14.0. The minimum Gasteiger partial charge on any atom is -0.323 e. The summed E-state index contributed by atoms with van der Waals surface area (Å²) in [5.74, 6) is -1.32. The third kappa shape index (κ3) is 3.50. The Kier molecular flexibility index (Phi) is 4.86. The van der Waals surface area contributed by atoms with Gasteiger partial charge in [0, 0.05) is 24.0 Å². The maximum absolute atomic E-state index is 13.8. The molecule has 0 saturated carbocycles. The van der Waals surface area contributed by atoms with Gasteiger partial charge in [-0.2, -0.15) is 10.4 Å². The summed E-state index contributed by atoms with van der Waals surface area (Å²) in [5.41, 5.74) is 3.17. The molecule has 0 amide bonds. The van der Waals surface area contributed by atoms with Gasteiger partial charge in [-0.25, -0.2) is 18.3 Å². The van der Waals surface area contributed by atoms with Crippen LogP contribution in [0.1, 0.15) is 5.56 Å². The lowest BCUT2D eigenvalue weighted by molar-refractivity contribution is 0.566. The zero-order chi connectivity index (χ0) is 19.7. The second kappa shape index (κ2) is 7.46.